The largest absolute Gasteiger partial charge is 0.378 e. The van der Waals surface area contributed by atoms with Crippen LogP contribution in [0.5, 0.6) is 0 Å². The lowest BCUT2D eigenvalue weighted by Crippen LogP contribution is -2.51. The molecule has 0 unspecified atom stereocenters. The van der Waals surface area contributed by atoms with Crippen molar-refractivity contribution in [2.75, 3.05) is 71.0 Å². The van der Waals surface area contributed by atoms with E-state index in [0.717, 1.165) is 29.8 Å². The third kappa shape index (κ3) is 4.63. The van der Waals surface area contributed by atoms with Gasteiger partial charge in [0.05, 0.1) is 30.4 Å². The SMILES string of the molecule is CN1C(=O)SC(=Cc2ccnc(N3CCN(CC(=O)N4CCOCC4)CC3)n2)C1=O. The van der Waals surface area contributed by atoms with Crippen molar-refractivity contribution in [2.24, 2.45) is 0 Å². The Hall–Kier alpha value is -2.50. The number of likely N-dealkylation sites (N-methyl/N-ethyl adjacent to an activating group) is 1. The molecule has 0 saturated carbocycles. The second kappa shape index (κ2) is 9.11. The van der Waals surface area contributed by atoms with Gasteiger partial charge in [-0.25, -0.2) is 9.97 Å². The molecule has 4 rings (SSSR count). The van der Waals surface area contributed by atoms with Crippen molar-refractivity contribution in [3.8, 4) is 0 Å². The summed E-state index contributed by atoms with van der Waals surface area (Å²) in [5.74, 6) is 0.414. The Balaban J connectivity index is 1.34. The quantitative estimate of drug-likeness (QED) is 0.615. The molecule has 0 aromatic carbocycles. The van der Waals surface area contributed by atoms with Gasteiger partial charge in [0.1, 0.15) is 0 Å². The second-order valence-corrected chi connectivity index (χ2v) is 8.27. The van der Waals surface area contributed by atoms with Gasteiger partial charge in [0.15, 0.2) is 0 Å². The third-order valence-corrected chi connectivity index (χ3v) is 6.27. The summed E-state index contributed by atoms with van der Waals surface area (Å²) in [7, 11) is 1.47. The molecule has 0 atom stereocenters. The van der Waals surface area contributed by atoms with Crippen LogP contribution >= 0.6 is 11.8 Å². The Kier molecular flexibility index (Phi) is 6.30. The first-order chi connectivity index (χ1) is 14.5. The number of imide groups is 1. The number of morpholine rings is 1. The highest BCUT2D eigenvalue weighted by Gasteiger charge is 2.32. The van der Waals surface area contributed by atoms with E-state index >= 15 is 0 Å². The van der Waals surface area contributed by atoms with Crippen LogP contribution in [0.2, 0.25) is 0 Å². The first kappa shape index (κ1) is 20.8. The van der Waals surface area contributed by atoms with Crippen LogP contribution in [-0.2, 0) is 14.3 Å². The minimum atomic E-state index is -0.316. The fourth-order valence-electron chi connectivity index (χ4n) is 3.48. The van der Waals surface area contributed by atoms with Crippen LogP contribution in [0.3, 0.4) is 0 Å². The summed E-state index contributed by atoms with van der Waals surface area (Å²) in [6.07, 6.45) is 3.27. The van der Waals surface area contributed by atoms with Gasteiger partial charge < -0.3 is 14.5 Å². The molecular formula is C19H24N6O4S. The predicted octanol–water partition coefficient (Wildman–Crippen LogP) is 0.124. The van der Waals surface area contributed by atoms with Crippen molar-refractivity contribution in [2.45, 2.75) is 0 Å². The van der Waals surface area contributed by atoms with Crippen molar-refractivity contribution in [1.82, 2.24) is 24.7 Å². The zero-order chi connectivity index (χ0) is 21.1. The third-order valence-electron chi connectivity index (χ3n) is 5.31. The molecule has 1 aromatic heterocycles. The number of carbonyl (C=O) groups excluding carboxylic acids is 3. The van der Waals surface area contributed by atoms with E-state index in [4.69, 9.17) is 4.74 Å². The van der Waals surface area contributed by atoms with Crippen molar-refractivity contribution in [3.63, 3.8) is 0 Å². The average Bonchev–Trinajstić information content (AvgIpc) is 3.01. The van der Waals surface area contributed by atoms with Crippen LogP contribution in [0, 0.1) is 0 Å². The Labute approximate surface area is 178 Å². The summed E-state index contributed by atoms with van der Waals surface area (Å²) in [5.41, 5.74) is 0.587. The van der Waals surface area contributed by atoms with Gasteiger partial charge in [0.25, 0.3) is 11.1 Å². The summed E-state index contributed by atoms with van der Waals surface area (Å²) in [6, 6.07) is 1.71. The molecule has 10 nitrogen and oxygen atoms in total. The molecule has 160 valence electrons. The van der Waals surface area contributed by atoms with Crippen LogP contribution < -0.4 is 4.90 Å². The zero-order valence-electron chi connectivity index (χ0n) is 16.8. The predicted molar refractivity (Wildman–Crippen MR) is 112 cm³/mol. The number of nitrogens with zero attached hydrogens (tertiary/aromatic N) is 6. The van der Waals surface area contributed by atoms with E-state index in [1.807, 2.05) is 4.90 Å². The van der Waals surface area contributed by atoms with E-state index in [2.05, 4.69) is 19.8 Å². The number of hydrogen-bond acceptors (Lipinski definition) is 9. The van der Waals surface area contributed by atoms with Crippen LogP contribution in [0.4, 0.5) is 10.7 Å². The van der Waals surface area contributed by atoms with Crippen LogP contribution in [0.15, 0.2) is 17.2 Å². The van der Waals surface area contributed by atoms with E-state index in [9.17, 15) is 14.4 Å². The molecular weight excluding hydrogens is 408 g/mol. The van der Waals surface area contributed by atoms with Crippen molar-refractivity contribution in [3.05, 3.63) is 22.9 Å². The molecule has 3 amide bonds. The van der Waals surface area contributed by atoms with Crippen molar-refractivity contribution < 1.29 is 19.1 Å². The summed E-state index contributed by atoms with van der Waals surface area (Å²) in [6.45, 7) is 5.89. The summed E-state index contributed by atoms with van der Waals surface area (Å²) >= 11 is 0.910. The van der Waals surface area contributed by atoms with Gasteiger partial charge in [0.2, 0.25) is 11.9 Å². The minimum absolute atomic E-state index is 0.148. The van der Waals surface area contributed by atoms with Crippen molar-refractivity contribution >= 4 is 40.8 Å². The lowest BCUT2D eigenvalue weighted by Gasteiger charge is -2.36. The normalized spacial score (nSPS) is 22.3. The Morgan fingerprint density at radius 1 is 1.17 bits per heavy atom. The number of anilines is 1. The van der Waals surface area contributed by atoms with Gasteiger partial charge in [0, 0.05) is 52.5 Å². The van der Waals surface area contributed by atoms with Gasteiger partial charge in [-0.15, -0.1) is 0 Å². The number of piperazine rings is 1. The number of ether oxygens (including phenoxy) is 1. The molecule has 0 aliphatic carbocycles. The van der Waals surface area contributed by atoms with Gasteiger partial charge in [-0.05, 0) is 23.9 Å². The molecule has 3 aliphatic rings. The molecule has 11 heteroatoms. The smallest absolute Gasteiger partial charge is 0.293 e. The number of carbonyl (C=O) groups is 3. The zero-order valence-corrected chi connectivity index (χ0v) is 17.6. The molecule has 0 radical (unpaired) electrons. The maximum Gasteiger partial charge on any atom is 0.293 e. The van der Waals surface area contributed by atoms with Gasteiger partial charge in [-0.3, -0.25) is 24.2 Å². The number of aromatic nitrogens is 2. The molecule has 0 N–H and O–H groups in total. The maximum absolute atomic E-state index is 12.4. The van der Waals surface area contributed by atoms with Crippen LogP contribution in [-0.4, -0.2) is 108 Å². The van der Waals surface area contributed by atoms with Gasteiger partial charge in [-0.2, -0.15) is 0 Å². The lowest BCUT2D eigenvalue weighted by atomic mass is 10.3. The second-order valence-electron chi connectivity index (χ2n) is 7.28. The van der Waals surface area contributed by atoms with E-state index in [1.165, 1.54) is 7.05 Å². The van der Waals surface area contributed by atoms with Crippen LogP contribution in [0.25, 0.3) is 6.08 Å². The lowest BCUT2D eigenvalue weighted by molar-refractivity contribution is -0.136. The molecule has 3 saturated heterocycles. The van der Waals surface area contributed by atoms with E-state index in [1.54, 1.807) is 18.3 Å². The summed E-state index contributed by atoms with van der Waals surface area (Å²) in [4.78, 5) is 52.6. The Bertz CT molecular complexity index is 864. The number of thioether (sulfide) groups is 1. The highest BCUT2D eigenvalue weighted by molar-refractivity contribution is 8.18. The van der Waals surface area contributed by atoms with E-state index in [0.29, 0.717) is 62.5 Å². The molecule has 0 bridgehead atoms. The monoisotopic (exact) mass is 432 g/mol. The number of hydrogen-bond donors (Lipinski definition) is 0. The average molecular weight is 433 g/mol. The van der Waals surface area contributed by atoms with E-state index in [-0.39, 0.29) is 17.1 Å². The molecule has 1 aromatic rings. The highest BCUT2D eigenvalue weighted by Crippen LogP contribution is 2.30. The minimum Gasteiger partial charge on any atom is -0.378 e. The molecule has 0 spiro atoms. The fourth-order valence-corrected chi connectivity index (χ4v) is 4.30. The van der Waals surface area contributed by atoms with E-state index < -0.39 is 0 Å². The topological polar surface area (TPSA) is 99.2 Å². The van der Waals surface area contributed by atoms with Crippen LogP contribution in [0.1, 0.15) is 5.69 Å². The number of amides is 3. The molecule has 30 heavy (non-hydrogen) atoms. The first-order valence-electron chi connectivity index (χ1n) is 9.89. The number of rotatable bonds is 4. The van der Waals surface area contributed by atoms with Gasteiger partial charge >= 0.3 is 0 Å². The molecule has 4 heterocycles. The summed E-state index contributed by atoms with van der Waals surface area (Å²) < 4.78 is 5.30. The standard InChI is InChI=1S/C19H24N6O4S/c1-22-17(27)15(30-19(22)28)12-14-2-3-20-18(21-14)25-6-4-23(5-7-25)13-16(26)24-8-10-29-11-9-24/h2-3,12H,4-11,13H2,1H3. The van der Waals surface area contributed by atoms with Gasteiger partial charge in [-0.1, -0.05) is 0 Å². The Morgan fingerprint density at radius 3 is 2.57 bits per heavy atom. The fraction of sp³-hybridized carbons (Fsp3) is 0.526. The maximum atomic E-state index is 12.4. The Morgan fingerprint density at radius 2 is 1.90 bits per heavy atom. The molecule has 3 fully saturated rings. The van der Waals surface area contributed by atoms with Crippen molar-refractivity contribution in [1.29, 1.82) is 0 Å². The molecule has 3 aliphatic heterocycles. The first-order valence-corrected chi connectivity index (χ1v) is 10.7. The summed E-state index contributed by atoms with van der Waals surface area (Å²) in [5, 5.41) is -0.289. The highest BCUT2D eigenvalue weighted by atomic mass is 32.2.